The summed E-state index contributed by atoms with van der Waals surface area (Å²) in [5.41, 5.74) is 0.444. The minimum absolute atomic E-state index is 0.0639. The molecule has 3 rings (SSSR count). The van der Waals surface area contributed by atoms with E-state index in [2.05, 4.69) is 0 Å². The summed E-state index contributed by atoms with van der Waals surface area (Å²) in [6, 6.07) is 3.91. The summed E-state index contributed by atoms with van der Waals surface area (Å²) in [6.07, 6.45) is 7.55. The molecule has 1 aliphatic heterocycles. The second-order valence-corrected chi connectivity index (χ2v) is 11.6. The monoisotopic (exact) mass is 443 g/mol. The van der Waals surface area contributed by atoms with Gasteiger partial charge in [0.1, 0.15) is 0 Å². The molecular formula is C19H29N3O5S2. The Kier molecular flexibility index (Phi) is 6.54. The van der Waals surface area contributed by atoms with Crippen molar-refractivity contribution in [2.75, 3.05) is 37.3 Å². The van der Waals surface area contributed by atoms with Crippen LogP contribution in [0.1, 0.15) is 38.5 Å². The SMILES string of the molecule is CS(=O)(=O)c1cc(S(N)(=O)=O)ccc1N1CCN(C(=O)CC2CCCCC2)CC1. The lowest BCUT2D eigenvalue weighted by Gasteiger charge is -2.37. The molecule has 8 nitrogen and oxygen atoms in total. The third-order valence-electron chi connectivity index (χ3n) is 5.82. The number of sulfone groups is 1. The van der Waals surface area contributed by atoms with Gasteiger partial charge in [-0.25, -0.2) is 22.0 Å². The number of hydrogen-bond donors (Lipinski definition) is 1. The molecule has 10 heteroatoms. The molecule has 1 amide bonds. The van der Waals surface area contributed by atoms with Crippen LogP contribution in [0.5, 0.6) is 0 Å². The van der Waals surface area contributed by atoms with Gasteiger partial charge in [0.25, 0.3) is 0 Å². The van der Waals surface area contributed by atoms with Crippen molar-refractivity contribution in [2.24, 2.45) is 11.1 Å². The van der Waals surface area contributed by atoms with Crippen LogP contribution >= 0.6 is 0 Å². The highest BCUT2D eigenvalue weighted by atomic mass is 32.2. The number of amides is 1. The Hall–Kier alpha value is -1.65. The Labute approximate surface area is 173 Å². The largest absolute Gasteiger partial charge is 0.367 e. The molecule has 0 bridgehead atoms. The highest BCUT2D eigenvalue weighted by molar-refractivity contribution is 7.91. The van der Waals surface area contributed by atoms with Gasteiger partial charge in [-0.3, -0.25) is 4.79 Å². The molecule has 0 atom stereocenters. The van der Waals surface area contributed by atoms with E-state index >= 15 is 0 Å². The maximum atomic E-state index is 12.6. The van der Waals surface area contributed by atoms with E-state index in [9.17, 15) is 21.6 Å². The summed E-state index contributed by atoms with van der Waals surface area (Å²) in [4.78, 5) is 16.1. The van der Waals surface area contributed by atoms with Gasteiger partial charge in [0.05, 0.1) is 15.5 Å². The van der Waals surface area contributed by atoms with Crippen LogP contribution in [0.4, 0.5) is 5.69 Å². The van der Waals surface area contributed by atoms with Crippen LogP contribution in [0.25, 0.3) is 0 Å². The highest BCUT2D eigenvalue weighted by Crippen LogP contribution is 2.30. The fraction of sp³-hybridized carbons (Fsp3) is 0.632. The van der Waals surface area contributed by atoms with Crippen molar-refractivity contribution >= 4 is 31.5 Å². The van der Waals surface area contributed by atoms with Crippen molar-refractivity contribution < 1.29 is 21.6 Å². The Morgan fingerprint density at radius 3 is 2.21 bits per heavy atom. The number of benzene rings is 1. The van der Waals surface area contributed by atoms with E-state index in [1.54, 1.807) is 0 Å². The van der Waals surface area contributed by atoms with Crippen LogP contribution in [0, 0.1) is 5.92 Å². The van der Waals surface area contributed by atoms with Gasteiger partial charge in [-0.2, -0.15) is 0 Å². The topological polar surface area (TPSA) is 118 Å². The zero-order chi connectivity index (χ0) is 21.2. The molecule has 0 radical (unpaired) electrons. The molecule has 162 valence electrons. The molecule has 0 aromatic heterocycles. The molecule has 1 heterocycles. The molecule has 2 aliphatic rings. The number of piperazine rings is 1. The summed E-state index contributed by atoms with van der Waals surface area (Å²) < 4.78 is 47.7. The first-order valence-corrected chi connectivity index (χ1v) is 13.4. The molecule has 0 spiro atoms. The second-order valence-electron chi connectivity index (χ2n) is 8.02. The van der Waals surface area contributed by atoms with E-state index in [1.807, 2.05) is 9.80 Å². The minimum Gasteiger partial charge on any atom is -0.367 e. The van der Waals surface area contributed by atoms with Gasteiger partial charge in [0, 0.05) is 38.9 Å². The van der Waals surface area contributed by atoms with Crippen molar-refractivity contribution in [3.8, 4) is 0 Å². The van der Waals surface area contributed by atoms with E-state index in [1.165, 1.54) is 31.4 Å². The summed E-state index contributed by atoms with van der Waals surface area (Å²) in [6.45, 7) is 2.03. The maximum absolute atomic E-state index is 12.6. The molecule has 1 aromatic carbocycles. The first-order valence-electron chi connectivity index (χ1n) is 9.95. The Balaban J connectivity index is 1.71. The average Bonchev–Trinajstić information content (AvgIpc) is 2.67. The number of hydrogen-bond acceptors (Lipinski definition) is 6. The van der Waals surface area contributed by atoms with Crippen LogP contribution in [0.2, 0.25) is 0 Å². The molecule has 2 fully saturated rings. The van der Waals surface area contributed by atoms with E-state index in [4.69, 9.17) is 5.14 Å². The van der Waals surface area contributed by atoms with Crippen molar-refractivity contribution in [3.63, 3.8) is 0 Å². The number of primary sulfonamides is 1. The van der Waals surface area contributed by atoms with Crippen LogP contribution in [0.15, 0.2) is 28.0 Å². The highest BCUT2D eigenvalue weighted by Gasteiger charge is 2.27. The summed E-state index contributed by atoms with van der Waals surface area (Å²) in [5, 5.41) is 5.15. The quantitative estimate of drug-likeness (QED) is 0.734. The van der Waals surface area contributed by atoms with Gasteiger partial charge < -0.3 is 9.80 Å². The van der Waals surface area contributed by atoms with Crippen molar-refractivity contribution in [3.05, 3.63) is 18.2 Å². The average molecular weight is 444 g/mol. The zero-order valence-corrected chi connectivity index (χ0v) is 18.3. The number of nitrogens with two attached hydrogens (primary N) is 1. The first-order chi connectivity index (χ1) is 13.6. The van der Waals surface area contributed by atoms with E-state index in [-0.39, 0.29) is 15.7 Å². The van der Waals surface area contributed by atoms with Crippen LogP contribution < -0.4 is 10.0 Å². The van der Waals surface area contributed by atoms with Crippen molar-refractivity contribution in [1.82, 2.24) is 4.90 Å². The zero-order valence-electron chi connectivity index (χ0n) is 16.7. The minimum atomic E-state index is -4.00. The summed E-state index contributed by atoms with van der Waals surface area (Å²) in [7, 11) is -7.66. The number of carbonyl (C=O) groups excluding carboxylic acids is 1. The summed E-state index contributed by atoms with van der Waals surface area (Å²) in [5.74, 6) is 0.654. The van der Waals surface area contributed by atoms with Crippen LogP contribution in [-0.4, -0.2) is 60.1 Å². The standard InChI is InChI=1S/C19H29N3O5S2/c1-28(24,25)18-14-16(29(20,26)27)7-8-17(18)21-9-11-22(12-10-21)19(23)13-15-5-3-2-4-6-15/h7-8,14-15H,2-6,9-13H2,1H3,(H2,20,26,27). The normalized spacial score (nSPS) is 19.4. The van der Waals surface area contributed by atoms with Crippen LogP contribution in [0.3, 0.4) is 0 Å². The number of nitrogens with zero attached hydrogens (tertiary/aromatic N) is 2. The lowest BCUT2D eigenvalue weighted by Crippen LogP contribution is -2.49. The van der Waals surface area contributed by atoms with Gasteiger partial charge in [-0.05, 0) is 37.0 Å². The third-order valence-corrected chi connectivity index (χ3v) is 7.86. The first kappa shape index (κ1) is 22.0. The number of rotatable bonds is 5. The van der Waals surface area contributed by atoms with Gasteiger partial charge in [0.15, 0.2) is 9.84 Å². The fourth-order valence-corrected chi connectivity index (χ4v) is 5.73. The lowest BCUT2D eigenvalue weighted by molar-refractivity contribution is -0.132. The maximum Gasteiger partial charge on any atom is 0.238 e. The van der Waals surface area contributed by atoms with Gasteiger partial charge in [-0.15, -0.1) is 0 Å². The molecule has 1 aliphatic carbocycles. The van der Waals surface area contributed by atoms with Crippen molar-refractivity contribution in [2.45, 2.75) is 48.3 Å². The molecule has 29 heavy (non-hydrogen) atoms. The Bertz CT molecular complexity index is 962. The predicted molar refractivity (Wildman–Crippen MR) is 111 cm³/mol. The van der Waals surface area contributed by atoms with E-state index in [0.29, 0.717) is 44.2 Å². The molecule has 1 saturated carbocycles. The Morgan fingerprint density at radius 2 is 1.66 bits per heavy atom. The van der Waals surface area contributed by atoms with Gasteiger partial charge >= 0.3 is 0 Å². The third kappa shape index (κ3) is 5.49. The predicted octanol–water partition coefficient (Wildman–Crippen LogP) is 1.36. The Morgan fingerprint density at radius 1 is 1.03 bits per heavy atom. The number of anilines is 1. The molecule has 2 N–H and O–H groups in total. The van der Waals surface area contributed by atoms with Gasteiger partial charge in [-0.1, -0.05) is 19.3 Å². The van der Waals surface area contributed by atoms with Gasteiger partial charge in [0.2, 0.25) is 15.9 Å². The second kappa shape index (κ2) is 8.61. The molecule has 1 saturated heterocycles. The van der Waals surface area contributed by atoms with Crippen LogP contribution in [-0.2, 0) is 24.7 Å². The van der Waals surface area contributed by atoms with E-state index < -0.39 is 19.9 Å². The fourth-order valence-electron chi connectivity index (χ4n) is 4.19. The molecule has 0 unspecified atom stereocenters. The number of carbonyl (C=O) groups is 1. The van der Waals surface area contributed by atoms with Crippen molar-refractivity contribution in [1.29, 1.82) is 0 Å². The van der Waals surface area contributed by atoms with E-state index in [0.717, 1.165) is 25.2 Å². The molecule has 1 aromatic rings. The molecular weight excluding hydrogens is 414 g/mol. The lowest BCUT2D eigenvalue weighted by atomic mass is 9.86. The number of sulfonamides is 1. The summed E-state index contributed by atoms with van der Waals surface area (Å²) >= 11 is 0. The smallest absolute Gasteiger partial charge is 0.238 e.